The zero-order valence-corrected chi connectivity index (χ0v) is 13.4. The molecule has 1 aliphatic rings. The van der Waals surface area contributed by atoms with Gasteiger partial charge in [-0.15, -0.1) is 11.3 Å². The number of aliphatic hydroxyl groups excluding tert-OH is 1. The molecule has 1 aliphatic heterocycles. The Hall–Kier alpha value is -2.03. The first-order chi connectivity index (χ1) is 10.6. The SMILES string of the molecule is CN(CCO)c1ccc2nc(/C=C3\NC(=S)NC3=O)sc2c1. The molecule has 1 saturated heterocycles. The van der Waals surface area contributed by atoms with Gasteiger partial charge in [-0.1, -0.05) is 0 Å². The number of benzene rings is 1. The minimum Gasteiger partial charge on any atom is -0.395 e. The Labute approximate surface area is 136 Å². The van der Waals surface area contributed by atoms with Gasteiger partial charge in [0.25, 0.3) is 5.91 Å². The molecule has 0 bridgehead atoms. The van der Waals surface area contributed by atoms with Gasteiger partial charge in [-0.3, -0.25) is 10.1 Å². The molecule has 0 atom stereocenters. The van der Waals surface area contributed by atoms with Crippen molar-refractivity contribution in [1.29, 1.82) is 0 Å². The number of fused-ring (bicyclic) bond motifs is 1. The molecule has 1 aromatic carbocycles. The number of likely N-dealkylation sites (N-methyl/N-ethyl adjacent to an activating group) is 1. The van der Waals surface area contributed by atoms with Crippen molar-refractivity contribution in [2.45, 2.75) is 0 Å². The zero-order valence-electron chi connectivity index (χ0n) is 11.8. The van der Waals surface area contributed by atoms with Gasteiger partial charge in [-0.25, -0.2) is 4.98 Å². The highest BCUT2D eigenvalue weighted by Gasteiger charge is 2.20. The largest absolute Gasteiger partial charge is 0.395 e. The first-order valence-corrected chi connectivity index (χ1v) is 7.86. The van der Waals surface area contributed by atoms with E-state index in [0.717, 1.165) is 20.9 Å². The van der Waals surface area contributed by atoms with Crippen LogP contribution in [0.1, 0.15) is 5.01 Å². The standard InChI is InChI=1S/C14H14N4O2S2/c1-18(4-5-19)8-2-3-9-11(6-8)22-12(15-9)7-10-13(20)17-14(21)16-10/h2-3,6-7,19H,4-5H2,1H3,(H2,16,17,20,21)/b10-7-. The average Bonchev–Trinajstić information content (AvgIpc) is 3.01. The van der Waals surface area contributed by atoms with E-state index in [9.17, 15) is 4.79 Å². The lowest BCUT2D eigenvalue weighted by Gasteiger charge is -2.17. The molecule has 0 saturated carbocycles. The van der Waals surface area contributed by atoms with Crippen LogP contribution in [0.15, 0.2) is 23.9 Å². The van der Waals surface area contributed by atoms with E-state index in [2.05, 4.69) is 15.6 Å². The summed E-state index contributed by atoms with van der Waals surface area (Å²) in [5, 5.41) is 15.4. The van der Waals surface area contributed by atoms with Crippen LogP contribution in [0, 0.1) is 0 Å². The number of amides is 1. The number of aromatic nitrogens is 1. The summed E-state index contributed by atoms with van der Waals surface area (Å²) in [6, 6.07) is 5.92. The Morgan fingerprint density at radius 3 is 2.95 bits per heavy atom. The molecule has 0 aliphatic carbocycles. The molecule has 0 spiro atoms. The molecule has 2 aromatic rings. The summed E-state index contributed by atoms with van der Waals surface area (Å²) in [7, 11) is 1.93. The number of carbonyl (C=O) groups excluding carboxylic acids is 1. The topological polar surface area (TPSA) is 77.5 Å². The third kappa shape index (κ3) is 2.94. The van der Waals surface area contributed by atoms with Crippen molar-refractivity contribution in [2.75, 3.05) is 25.1 Å². The Morgan fingerprint density at radius 1 is 1.45 bits per heavy atom. The maximum atomic E-state index is 11.6. The lowest BCUT2D eigenvalue weighted by atomic mass is 10.3. The Balaban J connectivity index is 1.91. The average molecular weight is 334 g/mol. The van der Waals surface area contributed by atoms with Gasteiger partial charge in [0, 0.05) is 25.4 Å². The van der Waals surface area contributed by atoms with E-state index in [4.69, 9.17) is 17.3 Å². The van der Waals surface area contributed by atoms with Crippen LogP contribution in [-0.4, -0.2) is 41.3 Å². The molecule has 1 aromatic heterocycles. The Bertz CT molecular complexity index is 784. The summed E-state index contributed by atoms with van der Waals surface area (Å²) in [4.78, 5) is 18.1. The van der Waals surface area contributed by atoms with Gasteiger partial charge >= 0.3 is 0 Å². The molecule has 2 heterocycles. The van der Waals surface area contributed by atoms with Crippen molar-refractivity contribution >= 4 is 56.6 Å². The van der Waals surface area contributed by atoms with Crippen molar-refractivity contribution in [3.63, 3.8) is 0 Å². The summed E-state index contributed by atoms with van der Waals surface area (Å²) in [6.07, 6.45) is 1.69. The minimum absolute atomic E-state index is 0.106. The monoisotopic (exact) mass is 334 g/mol. The second-order valence-corrected chi connectivity index (χ2v) is 6.29. The van der Waals surface area contributed by atoms with Crippen LogP contribution in [0.2, 0.25) is 0 Å². The molecule has 8 heteroatoms. The smallest absolute Gasteiger partial charge is 0.274 e. The van der Waals surface area contributed by atoms with Gasteiger partial charge in [0.1, 0.15) is 10.7 Å². The van der Waals surface area contributed by atoms with Crippen molar-refractivity contribution in [1.82, 2.24) is 15.6 Å². The molecule has 22 heavy (non-hydrogen) atoms. The van der Waals surface area contributed by atoms with Crippen LogP contribution >= 0.6 is 23.6 Å². The molecule has 0 radical (unpaired) electrons. The van der Waals surface area contributed by atoms with Crippen molar-refractivity contribution in [2.24, 2.45) is 0 Å². The van der Waals surface area contributed by atoms with Crippen molar-refractivity contribution in [3.8, 4) is 0 Å². The van der Waals surface area contributed by atoms with Crippen LogP contribution in [0.3, 0.4) is 0 Å². The van der Waals surface area contributed by atoms with Gasteiger partial charge in [0.15, 0.2) is 5.11 Å². The zero-order chi connectivity index (χ0) is 15.7. The van der Waals surface area contributed by atoms with Crippen LogP contribution in [0.25, 0.3) is 16.3 Å². The minimum atomic E-state index is -0.243. The van der Waals surface area contributed by atoms with Gasteiger partial charge < -0.3 is 15.3 Å². The van der Waals surface area contributed by atoms with Crippen LogP contribution < -0.4 is 15.5 Å². The number of thiazole rings is 1. The predicted molar refractivity (Wildman–Crippen MR) is 91.8 cm³/mol. The van der Waals surface area contributed by atoms with Crippen molar-refractivity contribution in [3.05, 3.63) is 28.9 Å². The number of anilines is 1. The van der Waals surface area contributed by atoms with E-state index in [1.54, 1.807) is 6.08 Å². The molecule has 6 nitrogen and oxygen atoms in total. The third-order valence-electron chi connectivity index (χ3n) is 3.25. The van der Waals surface area contributed by atoms with E-state index in [1.165, 1.54) is 11.3 Å². The molecule has 1 amide bonds. The number of carbonyl (C=O) groups is 1. The van der Waals surface area contributed by atoms with E-state index in [1.807, 2.05) is 30.1 Å². The molecular formula is C14H14N4O2S2. The van der Waals surface area contributed by atoms with Gasteiger partial charge in [-0.05, 0) is 30.4 Å². The normalized spacial score (nSPS) is 16.2. The number of hydrogen-bond acceptors (Lipinski definition) is 6. The van der Waals surface area contributed by atoms with Crippen LogP contribution in [0.4, 0.5) is 5.69 Å². The fraction of sp³-hybridized carbons (Fsp3) is 0.214. The van der Waals surface area contributed by atoms with Gasteiger partial charge in [0.2, 0.25) is 0 Å². The molecule has 3 N–H and O–H groups in total. The van der Waals surface area contributed by atoms with E-state index < -0.39 is 0 Å². The van der Waals surface area contributed by atoms with E-state index in [-0.39, 0.29) is 12.5 Å². The second kappa shape index (κ2) is 5.99. The molecule has 1 fully saturated rings. The molecule has 114 valence electrons. The fourth-order valence-electron chi connectivity index (χ4n) is 2.12. The third-order valence-corrected chi connectivity index (χ3v) is 4.42. The van der Waals surface area contributed by atoms with Crippen molar-refractivity contribution < 1.29 is 9.90 Å². The first-order valence-electron chi connectivity index (χ1n) is 6.63. The maximum absolute atomic E-state index is 11.6. The second-order valence-electron chi connectivity index (χ2n) is 4.82. The first kappa shape index (κ1) is 14.9. The molecular weight excluding hydrogens is 320 g/mol. The number of hydrogen-bond donors (Lipinski definition) is 3. The molecule has 0 unspecified atom stereocenters. The quantitative estimate of drug-likeness (QED) is 0.573. The lowest BCUT2D eigenvalue weighted by molar-refractivity contribution is -0.115. The van der Waals surface area contributed by atoms with Crippen LogP contribution in [-0.2, 0) is 4.79 Å². The number of rotatable bonds is 4. The highest BCUT2D eigenvalue weighted by Crippen LogP contribution is 2.27. The summed E-state index contributed by atoms with van der Waals surface area (Å²) in [5.41, 5.74) is 2.29. The van der Waals surface area contributed by atoms with Gasteiger partial charge in [0.05, 0.1) is 16.8 Å². The summed E-state index contributed by atoms with van der Waals surface area (Å²) in [5.74, 6) is -0.243. The fourth-order valence-corrected chi connectivity index (χ4v) is 3.26. The van der Waals surface area contributed by atoms with E-state index >= 15 is 0 Å². The highest BCUT2D eigenvalue weighted by molar-refractivity contribution is 7.80. The summed E-state index contributed by atoms with van der Waals surface area (Å²) >= 11 is 6.39. The summed E-state index contributed by atoms with van der Waals surface area (Å²) in [6.45, 7) is 0.679. The summed E-state index contributed by atoms with van der Waals surface area (Å²) < 4.78 is 1.02. The lowest BCUT2D eigenvalue weighted by Crippen LogP contribution is -2.21. The Morgan fingerprint density at radius 2 is 2.27 bits per heavy atom. The number of thiocarbonyl (C=S) groups is 1. The maximum Gasteiger partial charge on any atom is 0.274 e. The Kier molecular flexibility index (Phi) is 4.06. The number of nitrogens with one attached hydrogen (secondary N) is 2. The number of nitrogens with zero attached hydrogens (tertiary/aromatic N) is 2. The highest BCUT2D eigenvalue weighted by atomic mass is 32.1. The van der Waals surface area contributed by atoms with E-state index in [0.29, 0.717) is 17.4 Å². The number of aliphatic hydroxyl groups is 1. The van der Waals surface area contributed by atoms with Gasteiger partial charge in [-0.2, -0.15) is 0 Å². The molecule has 3 rings (SSSR count). The predicted octanol–water partition coefficient (Wildman–Crippen LogP) is 1.07. The van der Waals surface area contributed by atoms with Crippen LogP contribution in [0.5, 0.6) is 0 Å².